The number of methoxy groups -OCH3 is 1. The third kappa shape index (κ3) is 2.02. The molecule has 0 aliphatic carbocycles. The van der Waals surface area contributed by atoms with Crippen molar-refractivity contribution in [2.24, 2.45) is 0 Å². The van der Waals surface area contributed by atoms with Crippen LogP contribution < -0.4 is 4.74 Å². The monoisotopic (exact) mass is 220 g/mol. The van der Waals surface area contributed by atoms with Crippen LogP contribution in [0.15, 0.2) is 24.5 Å². The zero-order valence-corrected chi connectivity index (χ0v) is 8.82. The molecule has 0 fully saturated rings. The fraction of sp³-hybridized carbons (Fsp3) is 0.100. The second-order valence-corrected chi connectivity index (χ2v) is 3.66. The summed E-state index contributed by atoms with van der Waals surface area (Å²) in [6, 6.07) is 3.59. The Labute approximate surface area is 90.7 Å². The highest BCUT2D eigenvalue weighted by molar-refractivity contribution is 7.09. The van der Waals surface area contributed by atoms with E-state index >= 15 is 0 Å². The molecule has 0 bridgehead atoms. The Kier molecular flexibility index (Phi) is 2.73. The van der Waals surface area contributed by atoms with Crippen LogP contribution in [0.3, 0.4) is 0 Å². The number of aldehydes is 1. The molecule has 15 heavy (non-hydrogen) atoms. The fourth-order valence-electron chi connectivity index (χ4n) is 1.15. The topological polar surface area (TPSA) is 52.1 Å². The molecule has 4 nitrogen and oxygen atoms in total. The van der Waals surface area contributed by atoms with Gasteiger partial charge in [0, 0.05) is 29.6 Å². The number of ether oxygens (including phenoxy) is 1. The number of aromatic nitrogens is 2. The Bertz CT molecular complexity index is 482. The zero-order chi connectivity index (χ0) is 10.7. The first-order valence-corrected chi connectivity index (χ1v) is 5.02. The van der Waals surface area contributed by atoms with Crippen LogP contribution in [0.4, 0.5) is 0 Å². The summed E-state index contributed by atoms with van der Waals surface area (Å²) in [5, 5.41) is 0. The molecule has 2 aromatic heterocycles. The number of carbonyl (C=O) groups excluding carboxylic acids is 1. The molecule has 5 heteroatoms. The number of hydrogen-bond donors (Lipinski definition) is 0. The van der Waals surface area contributed by atoms with E-state index in [-0.39, 0.29) is 0 Å². The van der Waals surface area contributed by atoms with E-state index in [1.54, 1.807) is 19.4 Å². The standard InChI is InChI=1S/C10H8N2O2S/c1-14-10-3-9(15-12-10)8-2-7(6-13)4-11-5-8/h2-6H,1H3. The maximum absolute atomic E-state index is 10.6. The first-order chi connectivity index (χ1) is 7.33. The quantitative estimate of drug-likeness (QED) is 0.742. The SMILES string of the molecule is COc1cc(-c2cncc(C=O)c2)sn1. The van der Waals surface area contributed by atoms with Gasteiger partial charge in [0.05, 0.1) is 12.0 Å². The summed E-state index contributed by atoms with van der Waals surface area (Å²) >= 11 is 1.32. The van der Waals surface area contributed by atoms with E-state index in [1.807, 2.05) is 6.07 Å². The van der Waals surface area contributed by atoms with Crippen molar-refractivity contribution in [2.75, 3.05) is 7.11 Å². The number of pyridine rings is 1. The first kappa shape index (κ1) is 9.79. The molecule has 0 aliphatic rings. The summed E-state index contributed by atoms with van der Waals surface area (Å²) < 4.78 is 9.05. The van der Waals surface area contributed by atoms with E-state index in [2.05, 4.69) is 9.36 Å². The lowest BCUT2D eigenvalue weighted by Crippen LogP contribution is -1.83. The van der Waals surface area contributed by atoms with Crippen LogP contribution in [0.25, 0.3) is 10.4 Å². The molecule has 0 unspecified atom stereocenters. The molecule has 76 valence electrons. The van der Waals surface area contributed by atoms with E-state index in [1.165, 1.54) is 17.7 Å². The highest BCUT2D eigenvalue weighted by atomic mass is 32.1. The molecular weight excluding hydrogens is 212 g/mol. The number of carbonyl (C=O) groups is 1. The average Bonchev–Trinajstić information content (AvgIpc) is 2.78. The second kappa shape index (κ2) is 4.18. The predicted molar refractivity (Wildman–Crippen MR) is 57.3 cm³/mol. The van der Waals surface area contributed by atoms with Crippen LogP contribution in [0.1, 0.15) is 10.4 Å². The van der Waals surface area contributed by atoms with Crippen LogP contribution in [-0.4, -0.2) is 22.8 Å². The Morgan fingerprint density at radius 1 is 1.40 bits per heavy atom. The third-order valence-corrected chi connectivity index (χ3v) is 2.70. The summed E-state index contributed by atoms with van der Waals surface area (Å²) in [6.45, 7) is 0. The van der Waals surface area contributed by atoms with E-state index in [4.69, 9.17) is 4.74 Å². The molecule has 0 saturated carbocycles. The average molecular weight is 220 g/mol. The minimum Gasteiger partial charge on any atom is -0.480 e. The Morgan fingerprint density at radius 2 is 2.27 bits per heavy atom. The lowest BCUT2D eigenvalue weighted by molar-refractivity contribution is 0.112. The van der Waals surface area contributed by atoms with E-state index in [0.717, 1.165) is 16.7 Å². The number of hydrogen-bond acceptors (Lipinski definition) is 5. The van der Waals surface area contributed by atoms with Gasteiger partial charge in [0.15, 0.2) is 6.29 Å². The van der Waals surface area contributed by atoms with Gasteiger partial charge in [-0.3, -0.25) is 9.78 Å². The van der Waals surface area contributed by atoms with Crippen molar-refractivity contribution in [3.8, 4) is 16.3 Å². The van der Waals surface area contributed by atoms with Crippen molar-refractivity contribution in [1.29, 1.82) is 0 Å². The van der Waals surface area contributed by atoms with E-state index in [9.17, 15) is 4.79 Å². The Morgan fingerprint density at radius 3 is 2.93 bits per heavy atom. The lowest BCUT2D eigenvalue weighted by Gasteiger charge is -1.95. The number of nitrogens with zero attached hydrogens (tertiary/aromatic N) is 2. The molecule has 0 aromatic carbocycles. The predicted octanol–water partition coefficient (Wildman–Crippen LogP) is 2.03. The van der Waals surface area contributed by atoms with Gasteiger partial charge in [0.2, 0.25) is 5.88 Å². The Balaban J connectivity index is 2.39. The molecule has 0 spiro atoms. The van der Waals surface area contributed by atoms with Crippen molar-refractivity contribution in [2.45, 2.75) is 0 Å². The highest BCUT2D eigenvalue weighted by Gasteiger charge is 2.05. The molecule has 0 saturated heterocycles. The van der Waals surface area contributed by atoms with Crippen molar-refractivity contribution in [3.05, 3.63) is 30.1 Å². The summed E-state index contributed by atoms with van der Waals surface area (Å²) in [6.07, 6.45) is 3.99. The number of rotatable bonds is 3. The third-order valence-electron chi connectivity index (χ3n) is 1.88. The van der Waals surface area contributed by atoms with Crippen molar-refractivity contribution in [3.63, 3.8) is 0 Å². The van der Waals surface area contributed by atoms with Crippen molar-refractivity contribution < 1.29 is 9.53 Å². The van der Waals surface area contributed by atoms with Gasteiger partial charge in [-0.15, -0.1) is 0 Å². The molecule has 2 heterocycles. The van der Waals surface area contributed by atoms with Crippen LogP contribution in [0.5, 0.6) is 5.88 Å². The molecule has 0 N–H and O–H groups in total. The van der Waals surface area contributed by atoms with Crippen LogP contribution in [-0.2, 0) is 0 Å². The maximum Gasteiger partial charge on any atom is 0.225 e. The minimum absolute atomic E-state index is 0.555. The normalized spacial score (nSPS) is 9.93. The van der Waals surface area contributed by atoms with E-state index < -0.39 is 0 Å². The van der Waals surface area contributed by atoms with E-state index in [0.29, 0.717) is 11.4 Å². The van der Waals surface area contributed by atoms with Gasteiger partial charge in [-0.25, -0.2) is 0 Å². The van der Waals surface area contributed by atoms with Gasteiger partial charge in [0.1, 0.15) is 0 Å². The first-order valence-electron chi connectivity index (χ1n) is 4.25. The van der Waals surface area contributed by atoms with Gasteiger partial charge in [-0.05, 0) is 17.6 Å². The largest absolute Gasteiger partial charge is 0.480 e. The van der Waals surface area contributed by atoms with Gasteiger partial charge >= 0.3 is 0 Å². The van der Waals surface area contributed by atoms with Crippen LogP contribution in [0, 0.1) is 0 Å². The summed E-state index contributed by atoms with van der Waals surface area (Å²) in [4.78, 5) is 15.5. The minimum atomic E-state index is 0.555. The molecule has 0 atom stereocenters. The lowest BCUT2D eigenvalue weighted by atomic mass is 10.2. The molecule has 0 amide bonds. The zero-order valence-electron chi connectivity index (χ0n) is 8.01. The molecule has 0 aliphatic heterocycles. The fourth-order valence-corrected chi connectivity index (χ4v) is 1.83. The smallest absolute Gasteiger partial charge is 0.225 e. The van der Waals surface area contributed by atoms with Crippen molar-refractivity contribution >= 4 is 17.8 Å². The highest BCUT2D eigenvalue weighted by Crippen LogP contribution is 2.27. The Hall–Kier alpha value is -1.75. The maximum atomic E-state index is 10.6. The van der Waals surface area contributed by atoms with Gasteiger partial charge in [-0.2, -0.15) is 4.37 Å². The van der Waals surface area contributed by atoms with Gasteiger partial charge < -0.3 is 4.74 Å². The second-order valence-electron chi connectivity index (χ2n) is 2.86. The summed E-state index contributed by atoms with van der Waals surface area (Å²) in [5.74, 6) is 0.575. The summed E-state index contributed by atoms with van der Waals surface area (Å²) in [5.41, 5.74) is 1.43. The van der Waals surface area contributed by atoms with Gasteiger partial charge in [0.25, 0.3) is 0 Å². The van der Waals surface area contributed by atoms with Gasteiger partial charge in [-0.1, -0.05) is 0 Å². The molecule has 2 rings (SSSR count). The van der Waals surface area contributed by atoms with Crippen LogP contribution >= 0.6 is 11.5 Å². The molecular formula is C10H8N2O2S. The van der Waals surface area contributed by atoms with Crippen LogP contribution in [0.2, 0.25) is 0 Å². The molecule has 2 aromatic rings. The van der Waals surface area contributed by atoms with Crippen molar-refractivity contribution in [1.82, 2.24) is 9.36 Å². The summed E-state index contributed by atoms with van der Waals surface area (Å²) in [7, 11) is 1.57. The molecule has 0 radical (unpaired) electrons.